The summed E-state index contributed by atoms with van der Waals surface area (Å²) in [5, 5.41) is 10.6. The standard InChI is InChI=1S/C12H21NO4S/c1-9(18)5-6-12(16)17-10(7-11(14)15)8-13(2,3)4/h10H,5-8H2,1-4H3. The van der Waals surface area contributed by atoms with Crippen LogP contribution in [0.5, 0.6) is 0 Å². The molecule has 5 nitrogen and oxygen atoms in total. The molecule has 0 bridgehead atoms. The third kappa shape index (κ3) is 10.2. The minimum Gasteiger partial charge on any atom is -0.550 e. The van der Waals surface area contributed by atoms with Gasteiger partial charge in [0.05, 0.1) is 27.6 Å². The molecule has 0 N–H and O–H groups in total. The van der Waals surface area contributed by atoms with Gasteiger partial charge in [-0.15, -0.1) is 0 Å². The summed E-state index contributed by atoms with van der Waals surface area (Å²) in [6, 6.07) is 0. The Morgan fingerprint density at radius 1 is 1.28 bits per heavy atom. The van der Waals surface area contributed by atoms with Gasteiger partial charge in [0, 0.05) is 12.4 Å². The summed E-state index contributed by atoms with van der Waals surface area (Å²) >= 11 is 4.87. The van der Waals surface area contributed by atoms with Crippen molar-refractivity contribution in [1.29, 1.82) is 0 Å². The predicted molar refractivity (Wildman–Crippen MR) is 69.9 cm³/mol. The average Bonchev–Trinajstić information content (AvgIpc) is 2.10. The number of carboxylic acids is 1. The number of ether oxygens (including phenoxy) is 1. The predicted octanol–water partition coefficient (Wildman–Crippen LogP) is -0.0856. The lowest BCUT2D eigenvalue weighted by Crippen LogP contribution is -2.45. The monoisotopic (exact) mass is 275 g/mol. The SMILES string of the molecule is CC(=S)CCC(=O)OC(CC(=O)[O-])C[N+](C)(C)C. The summed E-state index contributed by atoms with van der Waals surface area (Å²) in [7, 11) is 5.70. The molecule has 0 spiro atoms. The number of rotatable bonds is 8. The Morgan fingerprint density at radius 3 is 2.22 bits per heavy atom. The van der Waals surface area contributed by atoms with Crippen LogP contribution >= 0.6 is 12.2 Å². The zero-order valence-corrected chi connectivity index (χ0v) is 12.2. The van der Waals surface area contributed by atoms with Crippen molar-refractivity contribution in [2.45, 2.75) is 32.3 Å². The molecular formula is C12H21NO4S. The molecule has 0 aliphatic carbocycles. The van der Waals surface area contributed by atoms with Gasteiger partial charge in [0.1, 0.15) is 6.54 Å². The summed E-state index contributed by atoms with van der Waals surface area (Å²) < 4.78 is 5.66. The molecule has 0 aromatic carbocycles. The van der Waals surface area contributed by atoms with Crippen molar-refractivity contribution >= 4 is 29.0 Å². The molecule has 1 unspecified atom stereocenters. The van der Waals surface area contributed by atoms with Crippen LogP contribution < -0.4 is 5.11 Å². The second-order valence-corrected chi connectivity index (χ2v) is 6.06. The molecule has 1 atom stereocenters. The number of carboxylic acid groups (broad SMARTS) is 1. The number of hydrogen-bond donors (Lipinski definition) is 0. The number of aliphatic carboxylic acids is 1. The summed E-state index contributed by atoms with van der Waals surface area (Å²) in [5.74, 6) is -1.63. The number of nitrogens with zero attached hydrogens (tertiary/aromatic N) is 1. The summed E-state index contributed by atoms with van der Waals surface area (Å²) in [6.07, 6.45) is -0.266. The number of quaternary nitrogens is 1. The molecule has 0 aliphatic heterocycles. The Morgan fingerprint density at radius 2 is 1.83 bits per heavy atom. The largest absolute Gasteiger partial charge is 0.550 e. The molecule has 0 aromatic heterocycles. The lowest BCUT2D eigenvalue weighted by atomic mass is 10.2. The summed E-state index contributed by atoms with van der Waals surface area (Å²) in [6.45, 7) is 2.18. The average molecular weight is 275 g/mol. The van der Waals surface area contributed by atoms with Crippen LogP contribution in [-0.4, -0.2) is 55.1 Å². The maximum atomic E-state index is 11.5. The van der Waals surface area contributed by atoms with Crippen molar-refractivity contribution in [3.05, 3.63) is 0 Å². The molecule has 0 fully saturated rings. The zero-order chi connectivity index (χ0) is 14.3. The fourth-order valence-electron chi connectivity index (χ4n) is 1.46. The fraction of sp³-hybridized carbons (Fsp3) is 0.750. The minimum atomic E-state index is -1.22. The van der Waals surface area contributed by atoms with Crippen LogP contribution in [0, 0.1) is 0 Å². The number of esters is 1. The van der Waals surface area contributed by atoms with Crippen molar-refractivity contribution in [3.8, 4) is 0 Å². The smallest absolute Gasteiger partial charge is 0.306 e. The molecule has 104 valence electrons. The molecule has 18 heavy (non-hydrogen) atoms. The van der Waals surface area contributed by atoms with Gasteiger partial charge in [-0.2, -0.15) is 0 Å². The first-order valence-corrected chi connectivity index (χ1v) is 6.20. The van der Waals surface area contributed by atoms with E-state index in [-0.39, 0.29) is 12.8 Å². The van der Waals surface area contributed by atoms with E-state index < -0.39 is 18.0 Å². The first-order valence-electron chi connectivity index (χ1n) is 5.79. The maximum Gasteiger partial charge on any atom is 0.306 e. The highest BCUT2D eigenvalue weighted by atomic mass is 32.1. The number of thiocarbonyl (C=S) groups is 1. The second-order valence-electron chi connectivity index (χ2n) is 5.36. The van der Waals surface area contributed by atoms with Crippen molar-refractivity contribution in [2.75, 3.05) is 27.7 Å². The van der Waals surface area contributed by atoms with Gasteiger partial charge in [0.15, 0.2) is 6.10 Å². The highest BCUT2D eigenvalue weighted by molar-refractivity contribution is 7.80. The van der Waals surface area contributed by atoms with E-state index in [2.05, 4.69) is 0 Å². The maximum absolute atomic E-state index is 11.5. The van der Waals surface area contributed by atoms with Gasteiger partial charge >= 0.3 is 5.97 Å². The summed E-state index contributed by atoms with van der Waals surface area (Å²) in [4.78, 5) is 22.9. The number of carbonyl (C=O) groups is 2. The van der Waals surface area contributed by atoms with E-state index in [0.29, 0.717) is 17.4 Å². The zero-order valence-electron chi connectivity index (χ0n) is 11.4. The normalized spacial score (nSPS) is 12.9. The van der Waals surface area contributed by atoms with Crippen LogP contribution in [0.15, 0.2) is 0 Å². The van der Waals surface area contributed by atoms with Crippen molar-refractivity contribution in [3.63, 3.8) is 0 Å². The van der Waals surface area contributed by atoms with Crippen molar-refractivity contribution in [1.82, 2.24) is 0 Å². The fourth-order valence-corrected chi connectivity index (χ4v) is 1.57. The molecule has 0 saturated carbocycles. The van der Waals surface area contributed by atoms with Gasteiger partial charge in [0.25, 0.3) is 0 Å². The van der Waals surface area contributed by atoms with Crippen LogP contribution in [0.4, 0.5) is 0 Å². The molecule has 0 heterocycles. The number of carbonyl (C=O) groups excluding carboxylic acids is 2. The van der Waals surface area contributed by atoms with E-state index in [1.807, 2.05) is 21.1 Å². The third-order valence-corrected chi connectivity index (χ3v) is 2.33. The Labute approximate surface area is 113 Å². The lowest BCUT2D eigenvalue weighted by molar-refractivity contribution is -0.873. The van der Waals surface area contributed by atoms with Crippen LogP contribution in [0.1, 0.15) is 26.2 Å². The van der Waals surface area contributed by atoms with E-state index in [1.54, 1.807) is 6.92 Å². The van der Waals surface area contributed by atoms with Gasteiger partial charge in [-0.05, 0) is 18.2 Å². The van der Waals surface area contributed by atoms with Crippen molar-refractivity contribution < 1.29 is 23.9 Å². The van der Waals surface area contributed by atoms with E-state index in [4.69, 9.17) is 17.0 Å². The van der Waals surface area contributed by atoms with Gasteiger partial charge in [0.2, 0.25) is 0 Å². The van der Waals surface area contributed by atoms with E-state index in [9.17, 15) is 14.7 Å². The Balaban J connectivity index is 4.35. The Hall–Kier alpha value is -1.01. The molecule has 0 radical (unpaired) electrons. The molecule has 0 aliphatic rings. The minimum absolute atomic E-state index is 0.190. The first kappa shape index (κ1) is 17.0. The van der Waals surface area contributed by atoms with Gasteiger partial charge in [-0.25, -0.2) is 0 Å². The number of likely N-dealkylation sites (N-methyl/N-ethyl adjacent to an activating group) is 1. The topological polar surface area (TPSA) is 66.4 Å². The Bertz CT molecular complexity index is 323. The van der Waals surface area contributed by atoms with Crippen LogP contribution in [-0.2, 0) is 14.3 Å². The van der Waals surface area contributed by atoms with E-state index in [1.165, 1.54) is 0 Å². The molecule has 0 aromatic rings. The molecule has 0 amide bonds. The third-order valence-electron chi connectivity index (χ3n) is 2.12. The van der Waals surface area contributed by atoms with Crippen LogP contribution in [0.3, 0.4) is 0 Å². The second kappa shape index (κ2) is 7.43. The quantitative estimate of drug-likeness (QED) is 0.352. The molecule has 6 heteroatoms. The van der Waals surface area contributed by atoms with E-state index in [0.717, 1.165) is 4.86 Å². The molecule has 0 rings (SSSR count). The first-order chi connectivity index (χ1) is 8.10. The lowest BCUT2D eigenvalue weighted by Gasteiger charge is -2.29. The van der Waals surface area contributed by atoms with Crippen LogP contribution in [0.2, 0.25) is 0 Å². The van der Waals surface area contributed by atoms with Gasteiger partial charge < -0.3 is 19.1 Å². The van der Waals surface area contributed by atoms with Crippen LogP contribution in [0.25, 0.3) is 0 Å². The highest BCUT2D eigenvalue weighted by Crippen LogP contribution is 2.07. The van der Waals surface area contributed by atoms with Gasteiger partial charge in [-0.1, -0.05) is 12.2 Å². The Kier molecular flexibility index (Phi) is 7.01. The summed E-state index contributed by atoms with van der Waals surface area (Å²) in [5.41, 5.74) is 0. The highest BCUT2D eigenvalue weighted by Gasteiger charge is 2.22. The molecular weight excluding hydrogens is 254 g/mol. The molecule has 0 saturated heterocycles. The van der Waals surface area contributed by atoms with Crippen molar-refractivity contribution in [2.24, 2.45) is 0 Å². The number of hydrogen-bond acceptors (Lipinski definition) is 5. The van der Waals surface area contributed by atoms with Gasteiger partial charge in [-0.3, -0.25) is 4.79 Å². The van der Waals surface area contributed by atoms with E-state index >= 15 is 0 Å².